The van der Waals surface area contributed by atoms with Crippen molar-refractivity contribution in [3.05, 3.63) is 12.3 Å². The molecule has 1 atom stereocenters. The number of aromatic nitrogens is 2. The minimum atomic E-state index is -0.00336. The highest BCUT2D eigenvalue weighted by Gasteiger charge is 2.31. The Morgan fingerprint density at radius 2 is 1.92 bits per heavy atom. The molecular weight excluding hydrogens is 318 g/mol. The van der Waals surface area contributed by atoms with Crippen LogP contribution in [-0.2, 0) is 4.74 Å². The van der Waals surface area contributed by atoms with Gasteiger partial charge in [0.15, 0.2) is 0 Å². The lowest BCUT2D eigenvalue weighted by Crippen LogP contribution is -2.53. The zero-order chi connectivity index (χ0) is 17.2. The van der Waals surface area contributed by atoms with Crippen LogP contribution >= 0.6 is 0 Å². The molecule has 1 aliphatic carbocycles. The molecule has 1 aromatic heterocycles. The van der Waals surface area contributed by atoms with Gasteiger partial charge < -0.3 is 9.64 Å². The van der Waals surface area contributed by atoms with Crippen LogP contribution in [-0.4, -0.2) is 71.0 Å². The number of rotatable bonds is 4. The summed E-state index contributed by atoms with van der Waals surface area (Å²) in [7, 11) is 0. The van der Waals surface area contributed by atoms with E-state index in [0.29, 0.717) is 18.0 Å². The van der Waals surface area contributed by atoms with Gasteiger partial charge in [-0.15, -0.1) is 0 Å². The molecule has 138 valence electrons. The Balaban J connectivity index is 1.30. The summed E-state index contributed by atoms with van der Waals surface area (Å²) in [5, 5.41) is 7.48. The SMILES string of the molecule is C[C@H](C1CC1)n1nccc1NC(=O)N1CCN(C2CCOCC2)CC1. The molecular formula is C18H29N5O2. The van der Waals surface area contributed by atoms with E-state index in [2.05, 4.69) is 22.2 Å². The molecule has 2 aliphatic heterocycles. The number of amides is 2. The minimum Gasteiger partial charge on any atom is -0.381 e. The van der Waals surface area contributed by atoms with Gasteiger partial charge in [-0.05, 0) is 38.5 Å². The monoisotopic (exact) mass is 347 g/mol. The number of piperazine rings is 1. The largest absolute Gasteiger partial charge is 0.381 e. The van der Waals surface area contributed by atoms with E-state index in [4.69, 9.17) is 4.74 Å². The van der Waals surface area contributed by atoms with Crippen LogP contribution in [0.5, 0.6) is 0 Å². The Labute approximate surface area is 149 Å². The number of nitrogens with zero attached hydrogens (tertiary/aromatic N) is 4. The first-order chi connectivity index (χ1) is 12.2. The van der Waals surface area contributed by atoms with Gasteiger partial charge in [0.1, 0.15) is 5.82 Å². The summed E-state index contributed by atoms with van der Waals surface area (Å²) >= 11 is 0. The molecule has 25 heavy (non-hydrogen) atoms. The molecule has 3 aliphatic rings. The van der Waals surface area contributed by atoms with Crippen molar-refractivity contribution in [3.63, 3.8) is 0 Å². The molecule has 0 unspecified atom stereocenters. The lowest BCUT2D eigenvalue weighted by atomic mass is 10.1. The number of carbonyl (C=O) groups excluding carboxylic acids is 1. The van der Waals surface area contributed by atoms with E-state index in [1.54, 1.807) is 6.20 Å². The van der Waals surface area contributed by atoms with E-state index in [1.807, 2.05) is 15.6 Å². The molecule has 1 N–H and O–H groups in total. The Hall–Kier alpha value is -1.60. The van der Waals surface area contributed by atoms with Crippen LogP contribution in [0.25, 0.3) is 0 Å². The Kier molecular flexibility index (Phi) is 4.94. The fourth-order valence-corrected chi connectivity index (χ4v) is 4.05. The van der Waals surface area contributed by atoms with Crippen LogP contribution in [0.3, 0.4) is 0 Å². The zero-order valence-corrected chi connectivity index (χ0v) is 15.1. The fraction of sp³-hybridized carbons (Fsp3) is 0.778. The molecule has 0 radical (unpaired) electrons. The Morgan fingerprint density at radius 3 is 2.60 bits per heavy atom. The molecule has 1 aromatic rings. The summed E-state index contributed by atoms with van der Waals surface area (Å²) in [6.45, 7) is 7.41. The number of urea groups is 1. The summed E-state index contributed by atoms with van der Waals surface area (Å²) in [4.78, 5) is 17.1. The number of carbonyl (C=O) groups is 1. The molecule has 0 spiro atoms. The van der Waals surface area contributed by atoms with Gasteiger partial charge >= 0.3 is 6.03 Å². The van der Waals surface area contributed by atoms with Gasteiger partial charge in [-0.1, -0.05) is 0 Å². The van der Waals surface area contributed by atoms with Crippen molar-refractivity contribution < 1.29 is 9.53 Å². The lowest BCUT2D eigenvalue weighted by Gasteiger charge is -2.40. The van der Waals surface area contributed by atoms with Crippen LogP contribution in [0.15, 0.2) is 12.3 Å². The van der Waals surface area contributed by atoms with Gasteiger partial charge in [-0.2, -0.15) is 5.10 Å². The molecule has 2 saturated heterocycles. The zero-order valence-electron chi connectivity index (χ0n) is 15.1. The highest BCUT2D eigenvalue weighted by Crippen LogP contribution is 2.40. The van der Waals surface area contributed by atoms with Crippen molar-refractivity contribution in [3.8, 4) is 0 Å². The molecule has 7 heteroatoms. The number of nitrogens with one attached hydrogen (secondary N) is 1. The molecule has 3 heterocycles. The second-order valence-electron chi connectivity index (χ2n) is 7.54. The minimum absolute atomic E-state index is 0.00336. The van der Waals surface area contributed by atoms with E-state index >= 15 is 0 Å². The highest BCUT2D eigenvalue weighted by molar-refractivity contribution is 5.88. The number of hydrogen-bond acceptors (Lipinski definition) is 4. The van der Waals surface area contributed by atoms with E-state index in [-0.39, 0.29) is 6.03 Å². The van der Waals surface area contributed by atoms with Crippen LogP contribution in [0, 0.1) is 5.92 Å². The third-order valence-electron chi connectivity index (χ3n) is 5.90. The van der Waals surface area contributed by atoms with Crippen molar-refractivity contribution in [2.24, 2.45) is 5.92 Å². The predicted molar refractivity (Wildman–Crippen MR) is 95.7 cm³/mol. The van der Waals surface area contributed by atoms with Crippen molar-refractivity contribution in [1.82, 2.24) is 19.6 Å². The van der Waals surface area contributed by atoms with Gasteiger partial charge in [0.25, 0.3) is 0 Å². The van der Waals surface area contributed by atoms with Gasteiger partial charge in [-0.25, -0.2) is 9.48 Å². The Morgan fingerprint density at radius 1 is 1.20 bits per heavy atom. The first-order valence-electron chi connectivity index (χ1n) is 9.63. The summed E-state index contributed by atoms with van der Waals surface area (Å²) in [5.41, 5.74) is 0. The maximum absolute atomic E-state index is 12.6. The third kappa shape index (κ3) is 3.82. The molecule has 2 amide bonds. The van der Waals surface area contributed by atoms with E-state index in [1.165, 1.54) is 12.8 Å². The van der Waals surface area contributed by atoms with Gasteiger partial charge in [0.05, 0.1) is 12.2 Å². The predicted octanol–water partition coefficient (Wildman–Crippen LogP) is 2.18. The third-order valence-corrected chi connectivity index (χ3v) is 5.90. The molecule has 7 nitrogen and oxygen atoms in total. The molecule has 0 aromatic carbocycles. The second-order valence-corrected chi connectivity index (χ2v) is 7.54. The average Bonchev–Trinajstić information content (AvgIpc) is 3.41. The van der Waals surface area contributed by atoms with Gasteiger partial charge in [-0.3, -0.25) is 10.2 Å². The summed E-state index contributed by atoms with van der Waals surface area (Å²) in [5.74, 6) is 1.52. The van der Waals surface area contributed by atoms with Crippen LogP contribution in [0.1, 0.15) is 38.6 Å². The second kappa shape index (κ2) is 7.33. The van der Waals surface area contributed by atoms with E-state index in [0.717, 1.165) is 58.1 Å². The van der Waals surface area contributed by atoms with Crippen molar-refractivity contribution in [2.75, 3.05) is 44.7 Å². The highest BCUT2D eigenvalue weighted by atomic mass is 16.5. The Bertz CT molecular complexity index is 586. The molecule has 0 bridgehead atoms. The number of ether oxygens (including phenoxy) is 1. The van der Waals surface area contributed by atoms with Crippen LogP contribution in [0.2, 0.25) is 0 Å². The quantitative estimate of drug-likeness (QED) is 0.907. The molecule has 1 saturated carbocycles. The lowest BCUT2D eigenvalue weighted by molar-refractivity contribution is 0.0194. The molecule has 3 fully saturated rings. The maximum atomic E-state index is 12.6. The van der Waals surface area contributed by atoms with E-state index < -0.39 is 0 Å². The summed E-state index contributed by atoms with van der Waals surface area (Å²) < 4.78 is 7.42. The standard InChI is InChI=1S/C18H29N5O2/c1-14(15-2-3-15)23-17(4-7-19-23)20-18(24)22-10-8-21(9-11-22)16-5-12-25-13-6-16/h4,7,14-16H,2-3,5-6,8-13H2,1H3,(H,20,24)/t14-/m1/s1. The average molecular weight is 347 g/mol. The maximum Gasteiger partial charge on any atom is 0.323 e. The first-order valence-corrected chi connectivity index (χ1v) is 9.63. The van der Waals surface area contributed by atoms with Crippen molar-refractivity contribution >= 4 is 11.8 Å². The molecule has 4 rings (SSSR count). The van der Waals surface area contributed by atoms with E-state index in [9.17, 15) is 4.79 Å². The van der Waals surface area contributed by atoms with Crippen LogP contribution < -0.4 is 5.32 Å². The number of hydrogen-bond donors (Lipinski definition) is 1. The van der Waals surface area contributed by atoms with Gasteiger partial charge in [0.2, 0.25) is 0 Å². The summed E-state index contributed by atoms with van der Waals surface area (Å²) in [6.07, 6.45) is 6.54. The normalized spacial score (nSPS) is 24.3. The van der Waals surface area contributed by atoms with Crippen molar-refractivity contribution in [1.29, 1.82) is 0 Å². The van der Waals surface area contributed by atoms with Crippen LogP contribution in [0.4, 0.5) is 10.6 Å². The smallest absolute Gasteiger partial charge is 0.323 e. The van der Waals surface area contributed by atoms with Crippen molar-refractivity contribution in [2.45, 2.75) is 44.7 Å². The topological polar surface area (TPSA) is 62.6 Å². The first kappa shape index (κ1) is 16.8. The van der Waals surface area contributed by atoms with Gasteiger partial charge in [0, 0.05) is 51.5 Å². The number of anilines is 1. The summed E-state index contributed by atoms with van der Waals surface area (Å²) in [6, 6.07) is 2.88. The fourth-order valence-electron chi connectivity index (χ4n) is 4.05.